The SMILES string of the molecule is CCONC(=O)N1CCN(c2cccc(Cl)c2)CC1. The maximum Gasteiger partial charge on any atom is 0.341 e. The summed E-state index contributed by atoms with van der Waals surface area (Å²) in [5.74, 6) is 0. The summed E-state index contributed by atoms with van der Waals surface area (Å²) in [6, 6.07) is 7.59. The van der Waals surface area contributed by atoms with Crippen LogP contribution in [0.1, 0.15) is 6.92 Å². The Morgan fingerprint density at radius 1 is 1.37 bits per heavy atom. The van der Waals surface area contributed by atoms with Crippen molar-refractivity contribution in [2.75, 3.05) is 37.7 Å². The smallest absolute Gasteiger partial charge is 0.341 e. The monoisotopic (exact) mass is 283 g/mol. The molecule has 1 saturated heterocycles. The van der Waals surface area contributed by atoms with Crippen LogP contribution in [-0.4, -0.2) is 43.7 Å². The summed E-state index contributed by atoms with van der Waals surface area (Å²) >= 11 is 5.98. The Bertz CT molecular complexity index is 434. The van der Waals surface area contributed by atoms with Crippen molar-refractivity contribution in [1.29, 1.82) is 0 Å². The lowest BCUT2D eigenvalue weighted by Gasteiger charge is -2.35. The Morgan fingerprint density at radius 2 is 2.11 bits per heavy atom. The molecule has 19 heavy (non-hydrogen) atoms. The first kappa shape index (κ1) is 14.0. The maximum atomic E-state index is 11.7. The van der Waals surface area contributed by atoms with Crippen molar-refractivity contribution in [3.8, 4) is 0 Å². The predicted molar refractivity (Wildman–Crippen MR) is 75.4 cm³/mol. The van der Waals surface area contributed by atoms with Gasteiger partial charge in [0.25, 0.3) is 0 Å². The molecule has 0 unspecified atom stereocenters. The lowest BCUT2D eigenvalue weighted by atomic mass is 10.2. The van der Waals surface area contributed by atoms with Gasteiger partial charge in [-0.15, -0.1) is 0 Å². The number of halogens is 1. The predicted octanol–water partition coefficient (Wildman–Crippen LogP) is 2.12. The molecule has 0 spiro atoms. The van der Waals surface area contributed by atoms with Crippen LogP contribution in [0.4, 0.5) is 10.5 Å². The number of hydroxylamine groups is 1. The topological polar surface area (TPSA) is 44.8 Å². The minimum atomic E-state index is -0.174. The summed E-state index contributed by atoms with van der Waals surface area (Å²) in [6.45, 7) is 5.22. The second-order valence-corrected chi connectivity index (χ2v) is 4.73. The molecule has 1 aliphatic heterocycles. The molecule has 0 bridgehead atoms. The van der Waals surface area contributed by atoms with Crippen molar-refractivity contribution in [3.63, 3.8) is 0 Å². The molecule has 0 saturated carbocycles. The van der Waals surface area contributed by atoms with Crippen molar-refractivity contribution in [2.24, 2.45) is 0 Å². The van der Waals surface area contributed by atoms with Crippen LogP contribution >= 0.6 is 11.6 Å². The second-order valence-electron chi connectivity index (χ2n) is 4.29. The lowest BCUT2D eigenvalue weighted by molar-refractivity contribution is 0.0550. The van der Waals surface area contributed by atoms with Gasteiger partial charge in [0.1, 0.15) is 0 Å². The molecule has 1 N–H and O–H groups in total. The number of urea groups is 1. The first-order chi connectivity index (χ1) is 9.20. The second kappa shape index (κ2) is 6.63. The molecule has 2 amide bonds. The van der Waals surface area contributed by atoms with E-state index in [1.165, 1.54) is 0 Å². The number of anilines is 1. The highest BCUT2D eigenvalue weighted by molar-refractivity contribution is 6.30. The fourth-order valence-electron chi connectivity index (χ4n) is 2.04. The van der Waals surface area contributed by atoms with Gasteiger partial charge in [0.2, 0.25) is 0 Å². The maximum absolute atomic E-state index is 11.7. The number of hydrogen-bond donors (Lipinski definition) is 1. The molecule has 1 aromatic rings. The van der Waals surface area contributed by atoms with Crippen LogP contribution in [0.3, 0.4) is 0 Å². The number of carbonyl (C=O) groups excluding carboxylic acids is 1. The molecule has 2 rings (SSSR count). The number of nitrogens with zero attached hydrogens (tertiary/aromatic N) is 2. The van der Waals surface area contributed by atoms with Crippen molar-refractivity contribution in [3.05, 3.63) is 29.3 Å². The van der Waals surface area contributed by atoms with Gasteiger partial charge in [-0.2, -0.15) is 0 Å². The largest absolute Gasteiger partial charge is 0.368 e. The molecular weight excluding hydrogens is 266 g/mol. The van der Waals surface area contributed by atoms with Gasteiger partial charge in [0, 0.05) is 36.9 Å². The van der Waals surface area contributed by atoms with Crippen LogP contribution in [0.25, 0.3) is 0 Å². The third kappa shape index (κ3) is 3.75. The molecule has 0 aliphatic carbocycles. The van der Waals surface area contributed by atoms with E-state index < -0.39 is 0 Å². The number of piperazine rings is 1. The van der Waals surface area contributed by atoms with Gasteiger partial charge in [0.15, 0.2) is 0 Å². The van der Waals surface area contributed by atoms with Crippen molar-refractivity contribution in [1.82, 2.24) is 10.4 Å². The number of benzene rings is 1. The number of nitrogens with one attached hydrogen (secondary N) is 1. The highest BCUT2D eigenvalue weighted by Gasteiger charge is 2.21. The summed E-state index contributed by atoms with van der Waals surface area (Å²) < 4.78 is 0. The number of carbonyl (C=O) groups is 1. The van der Waals surface area contributed by atoms with Gasteiger partial charge in [0.05, 0.1) is 6.61 Å². The zero-order chi connectivity index (χ0) is 13.7. The standard InChI is InChI=1S/C13H18ClN3O2/c1-2-19-15-13(18)17-8-6-16(7-9-17)12-5-3-4-11(14)10-12/h3-5,10H,2,6-9H2,1H3,(H,15,18). The van der Waals surface area contributed by atoms with E-state index >= 15 is 0 Å². The van der Waals surface area contributed by atoms with Crippen molar-refractivity contribution < 1.29 is 9.63 Å². The zero-order valence-electron chi connectivity index (χ0n) is 10.9. The molecule has 1 fully saturated rings. The van der Waals surface area contributed by atoms with Crippen molar-refractivity contribution in [2.45, 2.75) is 6.92 Å². The fraction of sp³-hybridized carbons (Fsp3) is 0.462. The van der Waals surface area contributed by atoms with E-state index in [4.69, 9.17) is 16.4 Å². The Kier molecular flexibility index (Phi) is 4.87. The van der Waals surface area contributed by atoms with Gasteiger partial charge in [-0.05, 0) is 25.1 Å². The van der Waals surface area contributed by atoms with Crippen LogP contribution in [0, 0.1) is 0 Å². The molecule has 104 valence electrons. The molecule has 0 radical (unpaired) electrons. The molecule has 5 nitrogen and oxygen atoms in total. The van der Waals surface area contributed by atoms with E-state index in [1.54, 1.807) is 4.90 Å². The van der Waals surface area contributed by atoms with Gasteiger partial charge in [-0.25, -0.2) is 10.3 Å². The Labute approximate surface area is 118 Å². The fourth-order valence-corrected chi connectivity index (χ4v) is 2.22. The molecule has 1 aromatic carbocycles. The summed E-state index contributed by atoms with van der Waals surface area (Å²) in [7, 11) is 0. The quantitative estimate of drug-likeness (QED) is 0.865. The molecule has 1 aliphatic rings. The highest BCUT2D eigenvalue weighted by atomic mass is 35.5. The Balaban J connectivity index is 1.87. The van der Waals surface area contributed by atoms with Crippen molar-refractivity contribution >= 4 is 23.3 Å². The first-order valence-electron chi connectivity index (χ1n) is 6.38. The van der Waals surface area contributed by atoms with Gasteiger partial charge >= 0.3 is 6.03 Å². The Hall–Kier alpha value is -1.46. The van der Waals surface area contributed by atoms with E-state index in [0.717, 1.165) is 23.8 Å². The molecule has 6 heteroatoms. The van der Waals surface area contributed by atoms with Gasteiger partial charge in [-0.3, -0.25) is 4.84 Å². The average Bonchev–Trinajstić information content (AvgIpc) is 2.45. The van der Waals surface area contributed by atoms with Crippen LogP contribution in [0.5, 0.6) is 0 Å². The number of rotatable bonds is 3. The third-order valence-electron chi connectivity index (χ3n) is 3.04. The highest BCUT2D eigenvalue weighted by Crippen LogP contribution is 2.20. The van der Waals surface area contributed by atoms with Crippen LogP contribution in [-0.2, 0) is 4.84 Å². The van der Waals surface area contributed by atoms with Crippen LogP contribution in [0.15, 0.2) is 24.3 Å². The minimum absolute atomic E-state index is 0.174. The molecule has 1 heterocycles. The summed E-state index contributed by atoms with van der Waals surface area (Å²) in [6.07, 6.45) is 0. The van der Waals surface area contributed by atoms with Gasteiger partial charge < -0.3 is 9.80 Å². The average molecular weight is 284 g/mol. The van der Waals surface area contributed by atoms with E-state index in [0.29, 0.717) is 19.7 Å². The summed E-state index contributed by atoms with van der Waals surface area (Å²) in [5.41, 5.74) is 3.51. The van der Waals surface area contributed by atoms with E-state index in [1.807, 2.05) is 31.2 Å². The lowest BCUT2D eigenvalue weighted by Crippen LogP contribution is -2.51. The molecule has 0 aromatic heterocycles. The molecular formula is C13H18ClN3O2. The first-order valence-corrected chi connectivity index (χ1v) is 6.75. The van der Waals surface area contributed by atoms with Crippen LogP contribution in [0.2, 0.25) is 5.02 Å². The van der Waals surface area contributed by atoms with E-state index in [2.05, 4.69) is 10.4 Å². The van der Waals surface area contributed by atoms with Gasteiger partial charge in [-0.1, -0.05) is 17.7 Å². The summed E-state index contributed by atoms with van der Waals surface area (Å²) in [4.78, 5) is 20.6. The van der Waals surface area contributed by atoms with E-state index in [-0.39, 0.29) is 6.03 Å². The number of amides is 2. The van der Waals surface area contributed by atoms with E-state index in [9.17, 15) is 4.79 Å². The Morgan fingerprint density at radius 3 is 2.74 bits per heavy atom. The zero-order valence-corrected chi connectivity index (χ0v) is 11.7. The molecule has 0 atom stereocenters. The third-order valence-corrected chi connectivity index (χ3v) is 3.28. The van der Waals surface area contributed by atoms with Crippen LogP contribution < -0.4 is 10.4 Å². The summed E-state index contributed by atoms with van der Waals surface area (Å²) in [5, 5.41) is 0.731. The minimum Gasteiger partial charge on any atom is -0.368 e. The normalized spacial score (nSPS) is 15.5. The number of hydrogen-bond acceptors (Lipinski definition) is 3.